The standard InChI is InChI=1S/C9H17NO.C8H6ClN.C8H7F3/c1-4-7(2)8-5-9(11)10(3)6-8;1-6-2-3-7(5-10)8(9)4-6;1-2-5-3-6(9)4-7(10)8(5)11/h7-8H,4-6H2,1-3H3;2-4H,1H3;3-4H,2H2,1H3. The van der Waals surface area contributed by atoms with E-state index in [1.807, 2.05) is 31.0 Å². The highest BCUT2D eigenvalue weighted by atomic mass is 35.5. The minimum atomic E-state index is -1.12. The van der Waals surface area contributed by atoms with Crippen LogP contribution in [0.3, 0.4) is 0 Å². The zero-order valence-corrected chi connectivity index (χ0v) is 19.9. The van der Waals surface area contributed by atoms with Crippen molar-refractivity contribution >= 4 is 17.5 Å². The Balaban J connectivity index is 0.000000240. The Labute approximate surface area is 193 Å². The second-order valence-corrected chi connectivity index (χ2v) is 8.34. The number of carbonyl (C=O) groups excluding carboxylic acids is 1. The van der Waals surface area contributed by atoms with E-state index >= 15 is 0 Å². The van der Waals surface area contributed by atoms with Crippen molar-refractivity contribution < 1.29 is 18.0 Å². The molecule has 1 heterocycles. The number of amides is 1. The lowest BCUT2D eigenvalue weighted by molar-refractivity contribution is -0.126. The molecule has 1 aliphatic heterocycles. The van der Waals surface area contributed by atoms with Crippen LogP contribution in [0.15, 0.2) is 30.3 Å². The molecule has 1 amide bonds. The monoisotopic (exact) mass is 466 g/mol. The summed E-state index contributed by atoms with van der Waals surface area (Å²) in [6.45, 7) is 8.96. The van der Waals surface area contributed by atoms with E-state index in [0.717, 1.165) is 24.6 Å². The first-order valence-electron chi connectivity index (χ1n) is 10.6. The average molecular weight is 467 g/mol. The zero-order chi connectivity index (χ0) is 24.4. The number of halogens is 4. The van der Waals surface area contributed by atoms with Crippen molar-refractivity contribution in [3.05, 3.63) is 69.5 Å². The van der Waals surface area contributed by atoms with Gasteiger partial charge in [-0.2, -0.15) is 5.26 Å². The summed E-state index contributed by atoms with van der Waals surface area (Å²) in [5.74, 6) is -1.19. The van der Waals surface area contributed by atoms with E-state index in [0.29, 0.717) is 40.8 Å². The summed E-state index contributed by atoms with van der Waals surface area (Å²) in [5, 5.41) is 9.00. The number of aryl methyl sites for hydroxylation is 2. The van der Waals surface area contributed by atoms with Gasteiger partial charge in [0.25, 0.3) is 0 Å². The number of benzene rings is 2. The normalized spacial score (nSPS) is 15.8. The molecule has 0 saturated carbocycles. The Morgan fingerprint density at radius 3 is 2.34 bits per heavy atom. The van der Waals surface area contributed by atoms with Crippen LogP contribution < -0.4 is 0 Å². The van der Waals surface area contributed by atoms with Crippen LogP contribution in [0.4, 0.5) is 13.2 Å². The lowest BCUT2D eigenvalue weighted by Gasteiger charge is -2.15. The van der Waals surface area contributed by atoms with E-state index in [2.05, 4.69) is 13.8 Å². The second-order valence-electron chi connectivity index (χ2n) is 7.93. The molecular weight excluding hydrogens is 437 g/mol. The fraction of sp³-hybridized carbons (Fsp3) is 0.440. The van der Waals surface area contributed by atoms with Crippen molar-refractivity contribution in [2.45, 2.75) is 47.0 Å². The quantitative estimate of drug-likeness (QED) is 0.472. The van der Waals surface area contributed by atoms with Gasteiger partial charge in [-0.3, -0.25) is 4.79 Å². The summed E-state index contributed by atoms with van der Waals surface area (Å²) in [5.41, 5.74) is 1.68. The first-order valence-corrected chi connectivity index (χ1v) is 10.9. The highest BCUT2D eigenvalue weighted by Gasteiger charge is 2.29. The fourth-order valence-electron chi connectivity index (χ4n) is 3.19. The van der Waals surface area contributed by atoms with Gasteiger partial charge in [0.1, 0.15) is 11.9 Å². The van der Waals surface area contributed by atoms with Crippen molar-refractivity contribution in [1.29, 1.82) is 5.26 Å². The fourth-order valence-corrected chi connectivity index (χ4v) is 3.47. The van der Waals surface area contributed by atoms with Crippen LogP contribution in [0.2, 0.25) is 5.02 Å². The van der Waals surface area contributed by atoms with Gasteiger partial charge in [-0.15, -0.1) is 0 Å². The van der Waals surface area contributed by atoms with Gasteiger partial charge in [-0.25, -0.2) is 13.2 Å². The van der Waals surface area contributed by atoms with Crippen molar-refractivity contribution in [2.75, 3.05) is 13.6 Å². The first kappa shape index (κ1) is 27.5. The molecule has 2 atom stereocenters. The summed E-state index contributed by atoms with van der Waals surface area (Å²) < 4.78 is 37.4. The highest BCUT2D eigenvalue weighted by molar-refractivity contribution is 6.31. The third-order valence-electron chi connectivity index (χ3n) is 5.51. The molecule has 3 nitrogen and oxygen atoms in total. The number of likely N-dealkylation sites (tertiary alicyclic amines) is 1. The maximum absolute atomic E-state index is 12.6. The summed E-state index contributed by atoms with van der Waals surface area (Å²) in [6, 6.07) is 8.89. The van der Waals surface area contributed by atoms with Crippen LogP contribution in [0.25, 0.3) is 0 Å². The van der Waals surface area contributed by atoms with E-state index in [1.54, 1.807) is 19.1 Å². The maximum atomic E-state index is 12.6. The van der Waals surface area contributed by atoms with Crippen molar-refractivity contribution in [3.8, 4) is 6.07 Å². The van der Waals surface area contributed by atoms with Crippen LogP contribution in [0.1, 0.15) is 50.3 Å². The molecule has 0 N–H and O–H groups in total. The Hall–Kier alpha value is -2.52. The third kappa shape index (κ3) is 8.20. The van der Waals surface area contributed by atoms with Crippen LogP contribution in [0.5, 0.6) is 0 Å². The molecular formula is C25H30ClF3N2O. The van der Waals surface area contributed by atoms with Crippen molar-refractivity contribution in [1.82, 2.24) is 4.90 Å². The largest absolute Gasteiger partial charge is 0.345 e. The first-order chi connectivity index (χ1) is 15.0. The number of carbonyl (C=O) groups is 1. The van der Waals surface area contributed by atoms with Crippen LogP contribution in [0, 0.1) is 47.5 Å². The van der Waals surface area contributed by atoms with Crippen LogP contribution in [-0.4, -0.2) is 24.4 Å². The SMILES string of the molecule is CCC(C)C1CC(=O)N(C)C1.CCc1cc(F)cc(F)c1F.Cc1ccc(C#N)c(Cl)c1. The lowest BCUT2D eigenvalue weighted by Crippen LogP contribution is -2.20. The van der Waals surface area contributed by atoms with E-state index in [1.165, 1.54) is 6.42 Å². The molecule has 1 fully saturated rings. The second kappa shape index (κ2) is 13.1. The van der Waals surface area contributed by atoms with Crippen molar-refractivity contribution in [3.63, 3.8) is 0 Å². The topological polar surface area (TPSA) is 44.1 Å². The molecule has 0 aliphatic carbocycles. The van der Waals surface area contributed by atoms with E-state index in [-0.39, 0.29) is 5.56 Å². The molecule has 0 spiro atoms. The molecule has 0 bridgehead atoms. The lowest BCUT2D eigenvalue weighted by atomic mass is 9.91. The smallest absolute Gasteiger partial charge is 0.222 e. The van der Waals surface area contributed by atoms with Gasteiger partial charge < -0.3 is 4.90 Å². The zero-order valence-electron chi connectivity index (χ0n) is 19.2. The summed E-state index contributed by atoms with van der Waals surface area (Å²) >= 11 is 5.71. The summed E-state index contributed by atoms with van der Waals surface area (Å²) in [6.07, 6.45) is 2.25. The third-order valence-corrected chi connectivity index (χ3v) is 5.83. The number of rotatable bonds is 3. The van der Waals surface area contributed by atoms with Gasteiger partial charge in [0.2, 0.25) is 5.91 Å². The minimum Gasteiger partial charge on any atom is -0.345 e. The number of hydrogen-bond donors (Lipinski definition) is 0. The Kier molecular flexibility index (Phi) is 11.3. The van der Waals surface area contributed by atoms with Gasteiger partial charge in [0.15, 0.2) is 11.6 Å². The maximum Gasteiger partial charge on any atom is 0.222 e. The molecule has 7 heteroatoms. The number of hydrogen-bond acceptors (Lipinski definition) is 2. The molecule has 3 rings (SSSR count). The molecule has 2 unspecified atom stereocenters. The minimum absolute atomic E-state index is 0.0718. The van der Waals surface area contributed by atoms with Crippen LogP contribution >= 0.6 is 11.6 Å². The van der Waals surface area contributed by atoms with E-state index in [4.69, 9.17) is 16.9 Å². The Morgan fingerprint density at radius 1 is 1.22 bits per heavy atom. The summed E-state index contributed by atoms with van der Waals surface area (Å²) in [4.78, 5) is 13.0. The number of nitrogens with zero attached hydrogens (tertiary/aromatic N) is 2. The molecule has 1 saturated heterocycles. The number of nitriles is 1. The molecule has 32 heavy (non-hydrogen) atoms. The molecule has 2 aromatic rings. The predicted octanol–water partition coefficient (Wildman–Crippen LogP) is 6.70. The van der Waals surface area contributed by atoms with Gasteiger partial charge >= 0.3 is 0 Å². The highest BCUT2D eigenvalue weighted by Crippen LogP contribution is 2.25. The molecule has 174 valence electrons. The summed E-state index contributed by atoms with van der Waals surface area (Å²) in [7, 11) is 1.89. The van der Waals surface area contributed by atoms with Crippen molar-refractivity contribution in [2.24, 2.45) is 11.8 Å². The average Bonchev–Trinajstić information content (AvgIpc) is 3.09. The van der Waals surface area contributed by atoms with Gasteiger partial charge in [0.05, 0.1) is 10.6 Å². The van der Waals surface area contributed by atoms with E-state index in [9.17, 15) is 18.0 Å². The molecule has 2 aromatic carbocycles. The molecule has 0 radical (unpaired) electrons. The van der Waals surface area contributed by atoms with Gasteiger partial charge in [0, 0.05) is 26.1 Å². The Morgan fingerprint density at radius 2 is 1.88 bits per heavy atom. The van der Waals surface area contributed by atoms with Crippen LogP contribution in [-0.2, 0) is 11.2 Å². The van der Waals surface area contributed by atoms with Gasteiger partial charge in [-0.1, -0.05) is 44.9 Å². The Bertz CT molecular complexity index is 959. The van der Waals surface area contributed by atoms with Gasteiger partial charge in [-0.05, 0) is 54.5 Å². The molecule has 1 aliphatic rings. The van der Waals surface area contributed by atoms with E-state index < -0.39 is 17.5 Å². The predicted molar refractivity (Wildman–Crippen MR) is 122 cm³/mol. The molecule has 0 aromatic heterocycles.